The number of rotatable bonds is 0. The Kier molecular flexibility index (Phi) is 11.7. The molecule has 0 aliphatic carbocycles. The molecule has 6 nitrogen and oxygen atoms in total. The zero-order chi connectivity index (χ0) is 9.72. The molecule has 0 aromatic rings. The zero-order valence-electron chi connectivity index (χ0n) is 8.42. The van der Waals surface area contributed by atoms with E-state index >= 15 is 0 Å². The van der Waals surface area contributed by atoms with Crippen molar-refractivity contribution in [3.05, 3.63) is 0 Å². The molecule has 0 N–H and O–H groups in total. The summed E-state index contributed by atoms with van der Waals surface area (Å²) >= 11 is 0. The summed E-state index contributed by atoms with van der Waals surface area (Å²) in [6.45, 7) is 0. The lowest BCUT2D eigenvalue weighted by atomic mass is 10.8. The Morgan fingerprint density at radius 3 is 1.14 bits per heavy atom. The first-order valence-corrected chi connectivity index (χ1v) is 3.29. The smallest absolute Gasteiger partial charge is 0.328 e. The third-order valence-electron chi connectivity index (χ3n) is 0.986. The van der Waals surface area contributed by atoms with Gasteiger partial charge in [0.2, 0.25) is 0 Å². The fourth-order valence-corrected chi connectivity index (χ4v) is 0.264. The molecule has 4 amide bonds. The van der Waals surface area contributed by atoms with Gasteiger partial charge in [0.15, 0.2) is 0 Å². The molecular weight excluding hydrogens is 231 g/mol. The van der Waals surface area contributed by atoms with Crippen LogP contribution in [0.15, 0.2) is 10.2 Å². The minimum Gasteiger partial charge on any atom is -0.328 e. The second-order valence-corrected chi connectivity index (χ2v) is 2.55. The van der Waals surface area contributed by atoms with Gasteiger partial charge < -0.3 is 9.80 Å². The maximum atomic E-state index is 10.8. The molecule has 0 radical (unpaired) electrons. The minimum atomic E-state index is -0.551. The SMILES string of the molecule is CN(C)C(=O)N=NC(=O)N(C)C.Cl.Cl. The van der Waals surface area contributed by atoms with Gasteiger partial charge in [-0.25, -0.2) is 9.59 Å². The van der Waals surface area contributed by atoms with Crippen molar-refractivity contribution in [3.63, 3.8) is 0 Å². The first-order chi connectivity index (χ1) is 5.45. The highest BCUT2D eigenvalue weighted by Gasteiger charge is 2.03. The average Bonchev–Trinajstić information content (AvgIpc) is 1.98. The largest absolute Gasteiger partial charge is 0.361 e. The molecule has 8 heteroatoms. The van der Waals surface area contributed by atoms with E-state index in [1.807, 2.05) is 0 Å². The lowest BCUT2D eigenvalue weighted by molar-refractivity contribution is 0.218. The molecule has 0 aromatic carbocycles. The van der Waals surface area contributed by atoms with Crippen LogP contribution >= 0.6 is 24.8 Å². The van der Waals surface area contributed by atoms with Crippen LogP contribution in [-0.2, 0) is 0 Å². The van der Waals surface area contributed by atoms with E-state index in [0.717, 1.165) is 0 Å². The summed E-state index contributed by atoms with van der Waals surface area (Å²) in [5, 5.41) is 6.33. The number of carbonyl (C=O) groups excluding carboxylic acids is 2. The van der Waals surface area contributed by atoms with Crippen LogP contribution in [0.5, 0.6) is 0 Å². The van der Waals surface area contributed by atoms with E-state index in [9.17, 15) is 9.59 Å². The minimum absolute atomic E-state index is 0. The van der Waals surface area contributed by atoms with Crippen LogP contribution in [0.25, 0.3) is 0 Å². The highest BCUT2D eigenvalue weighted by atomic mass is 35.5. The van der Waals surface area contributed by atoms with Gasteiger partial charge in [-0.2, -0.15) is 0 Å². The summed E-state index contributed by atoms with van der Waals surface area (Å²) in [6.07, 6.45) is 0. The van der Waals surface area contributed by atoms with Gasteiger partial charge in [-0.3, -0.25) is 0 Å². The predicted molar refractivity (Wildman–Crippen MR) is 57.5 cm³/mol. The molecule has 14 heavy (non-hydrogen) atoms. The predicted octanol–water partition coefficient (Wildman–Crippen LogP) is 1.65. The molecule has 0 rings (SSSR count). The molecule has 0 saturated heterocycles. The number of halogens is 2. The van der Waals surface area contributed by atoms with E-state index in [1.165, 1.54) is 38.0 Å². The Bertz CT molecular complexity index is 196. The quantitative estimate of drug-likeness (QED) is 0.609. The lowest BCUT2D eigenvalue weighted by Crippen LogP contribution is -2.20. The second-order valence-electron chi connectivity index (χ2n) is 2.55. The van der Waals surface area contributed by atoms with E-state index in [1.54, 1.807) is 0 Å². The maximum Gasteiger partial charge on any atom is 0.361 e. The van der Waals surface area contributed by atoms with Crippen LogP contribution in [0.1, 0.15) is 0 Å². The summed E-state index contributed by atoms with van der Waals surface area (Å²) < 4.78 is 0. The van der Waals surface area contributed by atoms with Crippen molar-refractivity contribution >= 4 is 36.9 Å². The topological polar surface area (TPSA) is 65.3 Å². The lowest BCUT2D eigenvalue weighted by Gasteiger charge is -2.05. The van der Waals surface area contributed by atoms with E-state index in [2.05, 4.69) is 10.2 Å². The second kappa shape index (κ2) is 8.71. The Morgan fingerprint density at radius 2 is 1.00 bits per heavy atom. The summed E-state index contributed by atoms with van der Waals surface area (Å²) in [6, 6.07) is -1.10. The first kappa shape index (κ1) is 18.8. The molecule has 0 aliphatic rings. The monoisotopic (exact) mass is 244 g/mol. The standard InChI is InChI=1S/C6H12N4O2.2ClH/c1-9(2)5(11)7-8-6(12)10(3)4;;/h1-4H3;2*1H. The van der Waals surface area contributed by atoms with Crippen molar-refractivity contribution in [1.82, 2.24) is 9.80 Å². The van der Waals surface area contributed by atoms with Gasteiger partial charge in [0.1, 0.15) is 0 Å². The molecule has 84 valence electrons. The van der Waals surface area contributed by atoms with Crippen molar-refractivity contribution in [2.75, 3.05) is 28.2 Å². The average molecular weight is 245 g/mol. The Morgan fingerprint density at radius 1 is 0.786 bits per heavy atom. The molecule has 0 heterocycles. The van der Waals surface area contributed by atoms with Crippen LogP contribution in [0.2, 0.25) is 0 Å². The summed E-state index contributed by atoms with van der Waals surface area (Å²) in [5.74, 6) is 0. The van der Waals surface area contributed by atoms with Crippen LogP contribution in [0, 0.1) is 0 Å². The highest BCUT2D eigenvalue weighted by molar-refractivity contribution is 5.85. The van der Waals surface area contributed by atoms with Gasteiger partial charge in [0, 0.05) is 28.2 Å². The van der Waals surface area contributed by atoms with Crippen molar-refractivity contribution < 1.29 is 9.59 Å². The summed E-state index contributed by atoms with van der Waals surface area (Å²) in [5.41, 5.74) is 0. The van der Waals surface area contributed by atoms with Crippen molar-refractivity contribution in [1.29, 1.82) is 0 Å². The van der Waals surface area contributed by atoms with Gasteiger partial charge in [0.25, 0.3) is 0 Å². The van der Waals surface area contributed by atoms with Crippen molar-refractivity contribution in [2.45, 2.75) is 0 Å². The van der Waals surface area contributed by atoms with E-state index in [-0.39, 0.29) is 24.8 Å². The number of urea groups is 2. The molecule has 0 unspecified atom stereocenters. The van der Waals surface area contributed by atoms with E-state index < -0.39 is 12.1 Å². The Balaban J connectivity index is -0.000000605. The molecule has 0 fully saturated rings. The number of amides is 4. The van der Waals surface area contributed by atoms with Gasteiger partial charge in [-0.15, -0.1) is 24.8 Å². The summed E-state index contributed by atoms with van der Waals surface area (Å²) in [4.78, 5) is 24.0. The number of nitrogens with zero attached hydrogens (tertiary/aromatic N) is 4. The molecule has 0 saturated carbocycles. The Hall–Kier alpha value is -0.880. The maximum absolute atomic E-state index is 10.8. The van der Waals surface area contributed by atoms with E-state index in [4.69, 9.17) is 0 Å². The molecule has 0 spiro atoms. The number of hydrogen-bond acceptors (Lipinski definition) is 2. The first-order valence-electron chi connectivity index (χ1n) is 3.29. The van der Waals surface area contributed by atoms with Crippen LogP contribution in [-0.4, -0.2) is 50.1 Å². The zero-order valence-corrected chi connectivity index (χ0v) is 10.1. The molecule has 0 aromatic heterocycles. The van der Waals surface area contributed by atoms with E-state index in [0.29, 0.717) is 0 Å². The molecule has 0 bridgehead atoms. The number of hydrogen-bond donors (Lipinski definition) is 0. The normalized spacial score (nSPS) is 8.57. The van der Waals surface area contributed by atoms with Gasteiger partial charge in [-0.05, 0) is 0 Å². The molecule has 0 aliphatic heterocycles. The fraction of sp³-hybridized carbons (Fsp3) is 0.667. The molecule has 0 atom stereocenters. The third-order valence-corrected chi connectivity index (χ3v) is 0.986. The van der Waals surface area contributed by atoms with Crippen LogP contribution < -0.4 is 0 Å². The highest BCUT2D eigenvalue weighted by Crippen LogP contribution is 1.89. The summed E-state index contributed by atoms with van der Waals surface area (Å²) in [7, 11) is 6.12. The molecular formula is C6H14Cl2N4O2. The van der Waals surface area contributed by atoms with Crippen LogP contribution in [0.4, 0.5) is 9.59 Å². The number of azo groups is 1. The van der Waals surface area contributed by atoms with Gasteiger partial charge >= 0.3 is 12.1 Å². The third kappa shape index (κ3) is 7.75. The van der Waals surface area contributed by atoms with Crippen LogP contribution in [0.3, 0.4) is 0 Å². The number of carbonyl (C=O) groups is 2. The van der Waals surface area contributed by atoms with Crippen molar-refractivity contribution in [3.8, 4) is 0 Å². The fourth-order valence-electron chi connectivity index (χ4n) is 0.264. The van der Waals surface area contributed by atoms with Gasteiger partial charge in [0.05, 0.1) is 0 Å². The van der Waals surface area contributed by atoms with Crippen molar-refractivity contribution in [2.24, 2.45) is 10.2 Å². The Labute approximate surface area is 95.2 Å². The van der Waals surface area contributed by atoms with Gasteiger partial charge in [-0.1, -0.05) is 10.2 Å².